The van der Waals surface area contributed by atoms with E-state index in [0.717, 1.165) is 28.7 Å². The first-order chi connectivity index (χ1) is 9.19. The Kier molecular flexibility index (Phi) is 2.63. The minimum atomic E-state index is -0.272. The predicted molar refractivity (Wildman–Crippen MR) is 71.5 cm³/mol. The number of hydrogen-bond acceptors (Lipinski definition) is 2. The number of hydrogen-bond donors (Lipinski definition) is 0. The number of benzene rings is 2. The van der Waals surface area contributed by atoms with E-state index >= 15 is 0 Å². The highest BCUT2D eigenvalue weighted by molar-refractivity contribution is 5.87. The molecule has 0 spiro atoms. The van der Waals surface area contributed by atoms with Crippen molar-refractivity contribution in [1.82, 2.24) is 9.55 Å². The van der Waals surface area contributed by atoms with Gasteiger partial charge in [0.25, 0.3) is 0 Å². The Hall–Kier alpha value is -2.49. The second-order valence-corrected chi connectivity index (χ2v) is 4.37. The lowest BCUT2D eigenvalue weighted by Gasteiger charge is -2.02. The van der Waals surface area contributed by atoms with Gasteiger partial charge in [0.2, 0.25) is 0 Å². The van der Waals surface area contributed by atoms with Crippen molar-refractivity contribution in [3.63, 3.8) is 0 Å². The third-order valence-electron chi connectivity index (χ3n) is 3.14. The van der Waals surface area contributed by atoms with Crippen LogP contribution in [0.4, 0.5) is 4.39 Å². The first-order valence-corrected chi connectivity index (χ1v) is 5.86. The molecule has 0 unspecified atom stereocenters. The maximum atomic E-state index is 12.9. The Labute approximate surface area is 109 Å². The van der Waals surface area contributed by atoms with Crippen LogP contribution in [0.1, 0.15) is 10.4 Å². The lowest BCUT2D eigenvalue weighted by molar-refractivity contribution is 0.112. The second kappa shape index (κ2) is 4.31. The smallest absolute Gasteiger partial charge is 0.150 e. The van der Waals surface area contributed by atoms with Gasteiger partial charge in [0.05, 0.1) is 11.0 Å². The van der Waals surface area contributed by atoms with Gasteiger partial charge in [-0.2, -0.15) is 0 Å². The van der Waals surface area contributed by atoms with Gasteiger partial charge < -0.3 is 4.57 Å². The molecule has 1 aromatic heterocycles. The molecule has 0 amide bonds. The zero-order chi connectivity index (χ0) is 13.4. The number of aryl methyl sites for hydroxylation is 1. The Morgan fingerprint density at radius 1 is 1.16 bits per heavy atom. The van der Waals surface area contributed by atoms with E-state index in [4.69, 9.17) is 0 Å². The molecule has 3 rings (SSSR count). The molecule has 19 heavy (non-hydrogen) atoms. The van der Waals surface area contributed by atoms with Crippen molar-refractivity contribution in [3.05, 3.63) is 53.8 Å². The highest BCUT2D eigenvalue weighted by atomic mass is 19.1. The molecule has 3 aromatic rings. The number of fused-ring (bicyclic) bond motifs is 1. The largest absolute Gasteiger partial charge is 0.327 e. The molecular formula is C15H11FN2O. The highest BCUT2D eigenvalue weighted by Gasteiger charge is 2.10. The molecular weight excluding hydrogens is 243 g/mol. The molecule has 94 valence electrons. The van der Waals surface area contributed by atoms with Gasteiger partial charge in [0.15, 0.2) is 0 Å². The number of carbonyl (C=O) groups is 1. The normalized spacial score (nSPS) is 10.8. The molecule has 0 saturated carbocycles. The highest BCUT2D eigenvalue weighted by Crippen LogP contribution is 2.24. The van der Waals surface area contributed by atoms with Crippen molar-refractivity contribution in [1.29, 1.82) is 0 Å². The van der Waals surface area contributed by atoms with Crippen molar-refractivity contribution in [3.8, 4) is 11.4 Å². The molecule has 0 atom stereocenters. The van der Waals surface area contributed by atoms with Crippen molar-refractivity contribution >= 4 is 17.3 Å². The van der Waals surface area contributed by atoms with Crippen LogP contribution in [0.3, 0.4) is 0 Å². The average Bonchev–Trinajstić information content (AvgIpc) is 2.76. The van der Waals surface area contributed by atoms with Crippen LogP contribution >= 0.6 is 0 Å². The van der Waals surface area contributed by atoms with Crippen molar-refractivity contribution in [2.24, 2.45) is 7.05 Å². The Balaban J connectivity index is 2.22. The average molecular weight is 254 g/mol. The maximum Gasteiger partial charge on any atom is 0.150 e. The molecule has 0 N–H and O–H groups in total. The Morgan fingerprint density at radius 2 is 1.89 bits per heavy atom. The Morgan fingerprint density at radius 3 is 2.58 bits per heavy atom. The van der Waals surface area contributed by atoms with Crippen molar-refractivity contribution in [2.75, 3.05) is 0 Å². The topological polar surface area (TPSA) is 34.9 Å². The zero-order valence-corrected chi connectivity index (χ0v) is 10.3. The van der Waals surface area contributed by atoms with E-state index in [2.05, 4.69) is 4.98 Å². The fourth-order valence-corrected chi connectivity index (χ4v) is 2.14. The van der Waals surface area contributed by atoms with E-state index in [9.17, 15) is 9.18 Å². The summed E-state index contributed by atoms with van der Waals surface area (Å²) in [5.74, 6) is 0.476. The number of rotatable bonds is 2. The summed E-state index contributed by atoms with van der Waals surface area (Å²) in [6.07, 6.45) is 0.810. The van der Waals surface area contributed by atoms with E-state index in [1.807, 2.05) is 17.7 Å². The van der Waals surface area contributed by atoms with E-state index in [1.165, 1.54) is 12.1 Å². The number of carbonyl (C=O) groups excluding carboxylic acids is 1. The van der Waals surface area contributed by atoms with Gasteiger partial charge in [-0.05, 0) is 42.5 Å². The summed E-state index contributed by atoms with van der Waals surface area (Å²) in [5.41, 5.74) is 3.14. The Bertz CT molecular complexity index is 760. The molecule has 0 aliphatic carbocycles. The molecule has 0 bridgehead atoms. The summed E-state index contributed by atoms with van der Waals surface area (Å²) < 4.78 is 14.8. The van der Waals surface area contributed by atoms with Crippen LogP contribution in [0.2, 0.25) is 0 Å². The molecule has 4 heteroatoms. The maximum absolute atomic E-state index is 12.9. The standard InChI is InChI=1S/C15H11FN2O/c1-18-14-8-10(9-19)2-7-13(14)17-15(18)11-3-5-12(16)6-4-11/h2-9H,1H3. The van der Waals surface area contributed by atoms with Crippen molar-refractivity contribution in [2.45, 2.75) is 0 Å². The minimum Gasteiger partial charge on any atom is -0.327 e. The van der Waals surface area contributed by atoms with E-state index < -0.39 is 0 Å². The summed E-state index contributed by atoms with van der Waals surface area (Å²) in [4.78, 5) is 15.3. The number of halogens is 1. The molecule has 0 fully saturated rings. The van der Waals surface area contributed by atoms with E-state index in [1.54, 1.807) is 24.3 Å². The van der Waals surface area contributed by atoms with Crippen LogP contribution in [0.5, 0.6) is 0 Å². The minimum absolute atomic E-state index is 0.272. The molecule has 0 aliphatic rings. The fraction of sp³-hybridized carbons (Fsp3) is 0.0667. The summed E-state index contributed by atoms with van der Waals surface area (Å²) in [6.45, 7) is 0. The van der Waals surface area contributed by atoms with Gasteiger partial charge in [-0.1, -0.05) is 0 Å². The first kappa shape index (κ1) is 11.6. The number of aromatic nitrogens is 2. The molecule has 0 saturated heterocycles. The van der Waals surface area contributed by atoms with Crippen LogP contribution in [-0.2, 0) is 7.05 Å². The zero-order valence-electron chi connectivity index (χ0n) is 10.3. The number of imidazole rings is 1. The van der Waals surface area contributed by atoms with Crippen LogP contribution in [-0.4, -0.2) is 15.8 Å². The van der Waals surface area contributed by atoms with Crippen LogP contribution < -0.4 is 0 Å². The van der Waals surface area contributed by atoms with E-state index in [0.29, 0.717) is 5.56 Å². The van der Waals surface area contributed by atoms with Crippen LogP contribution in [0.25, 0.3) is 22.4 Å². The lowest BCUT2D eigenvalue weighted by atomic mass is 10.2. The third kappa shape index (κ3) is 1.91. The molecule has 0 radical (unpaired) electrons. The number of nitrogens with zero attached hydrogens (tertiary/aromatic N) is 2. The summed E-state index contributed by atoms with van der Waals surface area (Å²) >= 11 is 0. The molecule has 1 heterocycles. The fourth-order valence-electron chi connectivity index (χ4n) is 2.14. The van der Waals surface area contributed by atoms with Gasteiger partial charge in [0.1, 0.15) is 17.9 Å². The van der Waals surface area contributed by atoms with Gasteiger partial charge in [-0.15, -0.1) is 0 Å². The number of aldehydes is 1. The summed E-state index contributed by atoms with van der Waals surface area (Å²) in [7, 11) is 1.88. The van der Waals surface area contributed by atoms with Crippen LogP contribution in [0.15, 0.2) is 42.5 Å². The molecule has 2 aromatic carbocycles. The van der Waals surface area contributed by atoms with Crippen molar-refractivity contribution < 1.29 is 9.18 Å². The second-order valence-electron chi connectivity index (χ2n) is 4.37. The quantitative estimate of drug-likeness (QED) is 0.658. The van der Waals surface area contributed by atoms with Gasteiger partial charge >= 0.3 is 0 Å². The van der Waals surface area contributed by atoms with Crippen LogP contribution in [0, 0.1) is 5.82 Å². The SMILES string of the molecule is Cn1c(-c2ccc(F)cc2)nc2ccc(C=O)cc21. The molecule has 3 nitrogen and oxygen atoms in total. The predicted octanol–water partition coefficient (Wildman–Crippen LogP) is 3.19. The van der Waals surface area contributed by atoms with Gasteiger partial charge in [-0.25, -0.2) is 9.37 Å². The summed E-state index contributed by atoms with van der Waals surface area (Å²) in [5, 5.41) is 0. The van der Waals surface area contributed by atoms with E-state index in [-0.39, 0.29) is 5.82 Å². The lowest BCUT2D eigenvalue weighted by Crippen LogP contribution is -1.92. The van der Waals surface area contributed by atoms with Gasteiger partial charge in [0, 0.05) is 18.2 Å². The monoisotopic (exact) mass is 254 g/mol. The molecule has 0 aliphatic heterocycles. The van der Waals surface area contributed by atoms with Gasteiger partial charge in [-0.3, -0.25) is 4.79 Å². The third-order valence-corrected chi connectivity index (χ3v) is 3.14. The summed E-state index contributed by atoms with van der Waals surface area (Å²) in [6, 6.07) is 11.5. The first-order valence-electron chi connectivity index (χ1n) is 5.86.